The summed E-state index contributed by atoms with van der Waals surface area (Å²) in [6, 6.07) is 9.79. The largest absolute Gasteiger partial charge is 0.463 e. The predicted octanol–water partition coefficient (Wildman–Crippen LogP) is 2.69. The molecule has 0 bridgehead atoms. The molecule has 2 aliphatic rings. The van der Waals surface area contributed by atoms with Crippen LogP contribution < -0.4 is 4.90 Å². The zero-order valence-electron chi connectivity index (χ0n) is 25.9. The van der Waals surface area contributed by atoms with Crippen LogP contribution in [-0.2, 0) is 64.6 Å². The highest BCUT2D eigenvalue weighted by atomic mass is 35.5. The molecule has 2 aromatic rings. The molecule has 4 rings (SSSR count). The van der Waals surface area contributed by atoms with Crippen molar-refractivity contribution < 1.29 is 61.9 Å². The molecule has 1 amide bonds. The van der Waals surface area contributed by atoms with Crippen molar-refractivity contribution in [3.05, 3.63) is 64.4 Å². The number of Topliss-reactive ketones (excluding diaryl/α,β-unsaturated/α-hetero) is 1. The van der Waals surface area contributed by atoms with E-state index in [1.807, 2.05) is 0 Å². The molecule has 0 saturated carbocycles. The SMILES string of the molecule is CC(=O)OC[C@H]1O[C@@H](CC(=O)CC2(O)C(=O)N(Cc3ccc(F)cc3)c3ccc(Cl)cc32)[C@H](OC(C)=O)[C@@H](OC(C)=O)[C@@H]1OC(C)=O. The Bertz CT molecular complexity index is 1570. The first-order valence-corrected chi connectivity index (χ1v) is 14.9. The Labute approximate surface area is 273 Å². The molecular weight excluding hydrogens is 645 g/mol. The third-order valence-corrected chi connectivity index (χ3v) is 7.75. The van der Waals surface area contributed by atoms with Crippen molar-refractivity contribution in [2.75, 3.05) is 11.5 Å². The monoisotopic (exact) mass is 677 g/mol. The van der Waals surface area contributed by atoms with Crippen molar-refractivity contribution in [1.29, 1.82) is 0 Å². The van der Waals surface area contributed by atoms with Crippen LogP contribution in [-0.4, -0.2) is 77.8 Å². The Balaban J connectivity index is 1.65. The van der Waals surface area contributed by atoms with Gasteiger partial charge >= 0.3 is 23.9 Å². The van der Waals surface area contributed by atoms with Gasteiger partial charge in [0.1, 0.15) is 30.4 Å². The third-order valence-electron chi connectivity index (χ3n) is 7.52. The second kappa shape index (κ2) is 14.6. The number of esters is 4. The van der Waals surface area contributed by atoms with Gasteiger partial charge in [0, 0.05) is 51.1 Å². The van der Waals surface area contributed by atoms with Crippen molar-refractivity contribution in [1.82, 2.24) is 0 Å². The summed E-state index contributed by atoms with van der Waals surface area (Å²) in [5, 5.41) is 12.0. The lowest BCUT2D eigenvalue weighted by Crippen LogP contribution is -2.62. The summed E-state index contributed by atoms with van der Waals surface area (Å²) in [6.45, 7) is 3.78. The van der Waals surface area contributed by atoms with E-state index < -0.39 is 97.0 Å². The van der Waals surface area contributed by atoms with Gasteiger partial charge in [-0.25, -0.2) is 4.39 Å². The molecule has 1 unspecified atom stereocenters. The number of nitrogens with zero attached hydrogens (tertiary/aromatic N) is 1. The lowest BCUT2D eigenvalue weighted by Gasteiger charge is -2.44. The van der Waals surface area contributed by atoms with E-state index in [1.165, 1.54) is 47.4 Å². The molecule has 0 aromatic heterocycles. The van der Waals surface area contributed by atoms with Crippen molar-refractivity contribution in [3.8, 4) is 0 Å². The number of carbonyl (C=O) groups is 6. The van der Waals surface area contributed by atoms with Crippen LogP contribution in [0.1, 0.15) is 51.7 Å². The molecule has 6 atom stereocenters. The van der Waals surface area contributed by atoms with Crippen LogP contribution in [0, 0.1) is 5.82 Å². The van der Waals surface area contributed by atoms with Crippen LogP contribution in [0.4, 0.5) is 10.1 Å². The number of carbonyl (C=O) groups excluding carboxylic acids is 6. The minimum absolute atomic E-state index is 0.0516. The van der Waals surface area contributed by atoms with E-state index in [2.05, 4.69) is 0 Å². The molecule has 2 heterocycles. The topological polar surface area (TPSA) is 172 Å². The van der Waals surface area contributed by atoms with Crippen LogP contribution in [0.3, 0.4) is 0 Å². The maximum Gasteiger partial charge on any atom is 0.303 e. The Morgan fingerprint density at radius 3 is 2.02 bits per heavy atom. The quantitative estimate of drug-likeness (QED) is 0.273. The second-order valence-corrected chi connectivity index (χ2v) is 11.6. The van der Waals surface area contributed by atoms with E-state index in [4.69, 9.17) is 35.3 Å². The minimum atomic E-state index is -2.38. The average molecular weight is 678 g/mol. The fourth-order valence-corrected chi connectivity index (χ4v) is 5.86. The number of hydrogen-bond donors (Lipinski definition) is 1. The number of halogens is 2. The average Bonchev–Trinajstić information content (AvgIpc) is 3.16. The molecule has 2 aromatic carbocycles. The molecule has 1 N–H and O–H groups in total. The highest BCUT2D eigenvalue weighted by Crippen LogP contribution is 2.45. The highest BCUT2D eigenvalue weighted by molar-refractivity contribution is 6.31. The normalized spacial score (nSPS) is 25.0. The summed E-state index contributed by atoms with van der Waals surface area (Å²) >= 11 is 6.21. The van der Waals surface area contributed by atoms with E-state index in [0.29, 0.717) is 5.56 Å². The summed E-state index contributed by atoms with van der Waals surface area (Å²) in [7, 11) is 0. The van der Waals surface area contributed by atoms with Gasteiger partial charge in [0.05, 0.1) is 12.2 Å². The van der Waals surface area contributed by atoms with Crippen LogP contribution >= 0.6 is 11.6 Å². The zero-order valence-corrected chi connectivity index (χ0v) is 26.7. The number of anilines is 1. The van der Waals surface area contributed by atoms with Crippen LogP contribution in [0.25, 0.3) is 0 Å². The Kier molecular flexibility index (Phi) is 11.0. The Morgan fingerprint density at radius 1 is 0.872 bits per heavy atom. The maximum absolute atomic E-state index is 13.8. The number of hydrogen-bond acceptors (Lipinski definition) is 12. The minimum Gasteiger partial charge on any atom is -0.463 e. The number of amides is 1. The highest BCUT2D eigenvalue weighted by Gasteiger charge is 2.54. The molecule has 252 valence electrons. The predicted molar refractivity (Wildman–Crippen MR) is 159 cm³/mol. The van der Waals surface area contributed by atoms with Crippen LogP contribution in [0.2, 0.25) is 5.02 Å². The number of rotatable bonds is 11. The summed E-state index contributed by atoms with van der Waals surface area (Å²) in [5.41, 5.74) is -1.48. The van der Waals surface area contributed by atoms with Gasteiger partial charge in [0.15, 0.2) is 23.9 Å². The van der Waals surface area contributed by atoms with E-state index in [1.54, 1.807) is 0 Å². The second-order valence-electron chi connectivity index (χ2n) is 11.2. The van der Waals surface area contributed by atoms with Crippen LogP contribution in [0.15, 0.2) is 42.5 Å². The molecule has 13 nitrogen and oxygen atoms in total. The third kappa shape index (κ3) is 8.31. The summed E-state index contributed by atoms with van der Waals surface area (Å²) in [4.78, 5) is 76.6. The number of ketones is 1. The standard InChI is InChI=1S/C32H33ClFNO12/c1-16(36)43-15-27-29(45-18(3)38)30(46-19(4)39)28(44-17(2)37)26(47-27)12-23(40)13-32(42)24-11-21(33)7-10-25(24)35(31(32)41)14-20-5-8-22(34)9-6-20/h5-11,26-30,42H,12-15H2,1-4H3/t26-,27+,28-,29+,30+,32?/m0/s1. The van der Waals surface area contributed by atoms with Gasteiger partial charge in [0.2, 0.25) is 0 Å². The van der Waals surface area contributed by atoms with Gasteiger partial charge in [0.25, 0.3) is 5.91 Å². The Morgan fingerprint density at radius 2 is 1.45 bits per heavy atom. The first-order chi connectivity index (χ1) is 22.1. The maximum atomic E-state index is 13.8. The van der Waals surface area contributed by atoms with Gasteiger partial charge in [-0.15, -0.1) is 0 Å². The number of ether oxygens (including phenoxy) is 5. The molecular formula is C32H33ClFNO12. The van der Waals surface area contributed by atoms with Gasteiger partial charge in [-0.2, -0.15) is 0 Å². The van der Waals surface area contributed by atoms with E-state index in [9.17, 15) is 38.3 Å². The smallest absolute Gasteiger partial charge is 0.303 e. The van der Waals surface area contributed by atoms with Gasteiger partial charge in [-0.05, 0) is 35.9 Å². The summed E-state index contributed by atoms with van der Waals surface area (Å²) < 4.78 is 40.7. The zero-order chi connectivity index (χ0) is 34.6. The molecule has 2 aliphatic heterocycles. The Hall–Kier alpha value is -4.40. The molecule has 1 saturated heterocycles. The van der Waals surface area contributed by atoms with Crippen molar-refractivity contribution in [2.45, 2.75) is 83.2 Å². The van der Waals surface area contributed by atoms with Crippen molar-refractivity contribution in [2.24, 2.45) is 0 Å². The molecule has 15 heteroatoms. The first kappa shape index (κ1) is 35.5. The molecule has 0 spiro atoms. The fourth-order valence-electron chi connectivity index (χ4n) is 5.69. The van der Waals surface area contributed by atoms with Crippen LogP contribution in [0.5, 0.6) is 0 Å². The number of aliphatic hydroxyl groups is 1. The number of fused-ring (bicyclic) bond motifs is 1. The van der Waals surface area contributed by atoms with E-state index in [0.717, 1.165) is 27.7 Å². The van der Waals surface area contributed by atoms with Gasteiger partial charge < -0.3 is 33.7 Å². The molecule has 0 radical (unpaired) electrons. The van der Waals surface area contributed by atoms with Crippen molar-refractivity contribution >= 4 is 52.9 Å². The first-order valence-electron chi connectivity index (χ1n) is 14.5. The van der Waals surface area contributed by atoms with Gasteiger partial charge in [-0.3, -0.25) is 28.8 Å². The lowest BCUT2D eigenvalue weighted by molar-refractivity contribution is -0.252. The lowest BCUT2D eigenvalue weighted by atomic mass is 9.86. The molecule has 0 aliphatic carbocycles. The summed E-state index contributed by atoms with van der Waals surface area (Å²) in [5.74, 6) is -5.27. The van der Waals surface area contributed by atoms with Gasteiger partial charge in [-0.1, -0.05) is 23.7 Å². The molecule has 1 fully saturated rings. The summed E-state index contributed by atoms with van der Waals surface area (Å²) in [6.07, 6.45) is -8.43. The van der Waals surface area contributed by atoms with E-state index >= 15 is 0 Å². The fraction of sp³-hybridized carbons (Fsp3) is 0.438. The van der Waals surface area contributed by atoms with E-state index in [-0.39, 0.29) is 22.8 Å². The number of benzene rings is 2. The van der Waals surface area contributed by atoms with Crippen molar-refractivity contribution in [3.63, 3.8) is 0 Å². The molecule has 47 heavy (non-hydrogen) atoms.